The molecule has 1 heterocycles. The van der Waals surface area contributed by atoms with Crippen LogP contribution < -0.4 is 5.32 Å². The SMILES string of the molecule is CCNc1ccncc1S(=O)(=O)N(CCOC)C(C)C. The van der Waals surface area contributed by atoms with Crippen LogP contribution in [-0.2, 0) is 14.8 Å². The minimum absolute atomic E-state index is 0.148. The van der Waals surface area contributed by atoms with E-state index in [1.807, 2.05) is 20.8 Å². The Morgan fingerprint density at radius 1 is 1.45 bits per heavy atom. The second kappa shape index (κ2) is 7.56. The zero-order valence-corrected chi connectivity index (χ0v) is 13.3. The van der Waals surface area contributed by atoms with E-state index in [0.717, 1.165) is 0 Å². The number of sulfonamides is 1. The highest BCUT2D eigenvalue weighted by molar-refractivity contribution is 7.89. The predicted octanol–water partition coefficient (Wildman–Crippen LogP) is 1.56. The van der Waals surface area contributed by atoms with Gasteiger partial charge in [-0.05, 0) is 26.8 Å². The van der Waals surface area contributed by atoms with Crippen molar-refractivity contribution >= 4 is 15.7 Å². The summed E-state index contributed by atoms with van der Waals surface area (Å²) in [5.41, 5.74) is 0.575. The van der Waals surface area contributed by atoms with E-state index >= 15 is 0 Å². The summed E-state index contributed by atoms with van der Waals surface area (Å²) in [6.45, 7) is 6.92. The van der Waals surface area contributed by atoms with Crippen molar-refractivity contribution in [1.82, 2.24) is 9.29 Å². The molecular formula is C13H23N3O3S. The van der Waals surface area contributed by atoms with Gasteiger partial charge in [0.15, 0.2) is 0 Å². The maximum absolute atomic E-state index is 12.8. The molecule has 0 bridgehead atoms. The molecule has 0 saturated heterocycles. The number of nitrogens with one attached hydrogen (secondary N) is 1. The molecule has 1 aromatic rings. The molecule has 0 atom stereocenters. The van der Waals surface area contributed by atoms with Gasteiger partial charge >= 0.3 is 0 Å². The van der Waals surface area contributed by atoms with Gasteiger partial charge in [-0.1, -0.05) is 0 Å². The lowest BCUT2D eigenvalue weighted by atomic mass is 10.4. The van der Waals surface area contributed by atoms with E-state index in [-0.39, 0.29) is 10.9 Å². The zero-order valence-electron chi connectivity index (χ0n) is 12.5. The largest absolute Gasteiger partial charge is 0.384 e. The summed E-state index contributed by atoms with van der Waals surface area (Å²) >= 11 is 0. The quantitative estimate of drug-likeness (QED) is 0.789. The smallest absolute Gasteiger partial charge is 0.246 e. The van der Waals surface area contributed by atoms with Gasteiger partial charge in [-0.15, -0.1) is 0 Å². The Morgan fingerprint density at radius 2 is 2.15 bits per heavy atom. The number of ether oxygens (including phenoxy) is 1. The molecule has 0 aliphatic carbocycles. The van der Waals surface area contributed by atoms with Crippen LogP contribution in [0.1, 0.15) is 20.8 Å². The lowest BCUT2D eigenvalue weighted by Crippen LogP contribution is -2.39. The maximum atomic E-state index is 12.8. The van der Waals surface area contributed by atoms with Gasteiger partial charge in [-0.3, -0.25) is 4.98 Å². The molecular weight excluding hydrogens is 278 g/mol. The van der Waals surface area contributed by atoms with Crippen molar-refractivity contribution in [3.05, 3.63) is 18.5 Å². The summed E-state index contributed by atoms with van der Waals surface area (Å²) in [7, 11) is -2.04. The number of hydrogen-bond donors (Lipinski definition) is 1. The first-order valence-corrected chi connectivity index (χ1v) is 8.07. The van der Waals surface area contributed by atoms with Crippen molar-refractivity contribution < 1.29 is 13.2 Å². The number of pyridine rings is 1. The molecule has 7 heteroatoms. The molecule has 20 heavy (non-hydrogen) atoms. The fourth-order valence-electron chi connectivity index (χ4n) is 1.89. The molecule has 0 saturated carbocycles. The second-order valence-electron chi connectivity index (χ2n) is 4.60. The Bertz CT molecular complexity index is 517. The molecule has 0 aliphatic rings. The normalized spacial score (nSPS) is 12.1. The Balaban J connectivity index is 3.19. The third-order valence-electron chi connectivity index (χ3n) is 2.83. The number of aromatic nitrogens is 1. The van der Waals surface area contributed by atoms with Crippen molar-refractivity contribution in [2.24, 2.45) is 0 Å². The summed E-state index contributed by atoms with van der Waals surface area (Å²) in [4.78, 5) is 4.14. The molecule has 0 unspecified atom stereocenters. The third kappa shape index (κ3) is 3.91. The summed E-state index contributed by atoms with van der Waals surface area (Å²) < 4.78 is 32.0. The number of nitrogens with zero attached hydrogens (tertiary/aromatic N) is 2. The van der Waals surface area contributed by atoms with Crippen molar-refractivity contribution in [3.63, 3.8) is 0 Å². The van der Waals surface area contributed by atoms with E-state index in [1.165, 1.54) is 10.5 Å². The third-order valence-corrected chi connectivity index (χ3v) is 4.93. The topological polar surface area (TPSA) is 71.5 Å². The van der Waals surface area contributed by atoms with Crippen LogP contribution in [0.5, 0.6) is 0 Å². The lowest BCUT2D eigenvalue weighted by Gasteiger charge is -2.26. The van der Waals surface area contributed by atoms with E-state index in [1.54, 1.807) is 19.4 Å². The highest BCUT2D eigenvalue weighted by atomic mass is 32.2. The minimum Gasteiger partial charge on any atom is -0.384 e. The van der Waals surface area contributed by atoms with Crippen LogP contribution in [0.3, 0.4) is 0 Å². The Kier molecular flexibility index (Phi) is 6.38. The highest BCUT2D eigenvalue weighted by Gasteiger charge is 2.29. The van der Waals surface area contributed by atoms with E-state index in [4.69, 9.17) is 4.74 Å². The maximum Gasteiger partial charge on any atom is 0.246 e. The lowest BCUT2D eigenvalue weighted by molar-refractivity contribution is 0.171. The molecule has 0 fully saturated rings. The molecule has 114 valence electrons. The average Bonchev–Trinajstić information content (AvgIpc) is 2.39. The van der Waals surface area contributed by atoms with Crippen LogP contribution in [0.2, 0.25) is 0 Å². The number of anilines is 1. The Hall–Kier alpha value is -1.18. The summed E-state index contributed by atoms with van der Waals surface area (Å²) in [5, 5.41) is 3.06. The summed E-state index contributed by atoms with van der Waals surface area (Å²) in [6.07, 6.45) is 2.96. The van der Waals surface area contributed by atoms with Crippen LogP contribution in [0, 0.1) is 0 Å². The van der Waals surface area contributed by atoms with E-state index in [0.29, 0.717) is 25.4 Å². The van der Waals surface area contributed by atoms with Crippen molar-refractivity contribution in [2.45, 2.75) is 31.7 Å². The predicted molar refractivity (Wildman–Crippen MR) is 79.3 cm³/mol. The first kappa shape index (κ1) is 16.9. The van der Waals surface area contributed by atoms with Crippen molar-refractivity contribution in [1.29, 1.82) is 0 Å². The molecule has 6 nitrogen and oxygen atoms in total. The van der Waals surface area contributed by atoms with Gasteiger partial charge in [0, 0.05) is 38.6 Å². The fraction of sp³-hybridized carbons (Fsp3) is 0.615. The van der Waals surface area contributed by atoms with Gasteiger partial charge in [0.2, 0.25) is 10.0 Å². The standard InChI is InChI=1S/C13H23N3O3S/c1-5-15-12-6-7-14-10-13(12)20(17,18)16(11(2)3)8-9-19-4/h6-7,10-11H,5,8-9H2,1-4H3,(H,14,15). The molecule has 1 N–H and O–H groups in total. The minimum atomic E-state index is -3.60. The molecule has 0 aromatic carbocycles. The van der Waals surface area contributed by atoms with Crippen LogP contribution in [-0.4, -0.2) is 50.6 Å². The van der Waals surface area contributed by atoms with Gasteiger partial charge in [0.05, 0.1) is 12.3 Å². The fourth-order valence-corrected chi connectivity index (χ4v) is 3.62. The molecule has 0 amide bonds. The van der Waals surface area contributed by atoms with Gasteiger partial charge in [0.1, 0.15) is 4.90 Å². The van der Waals surface area contributed by atoms with E-state index in [9.17, 15) is 8.42 Å². The second-order valence-corrected chi connectivity index (χ2v) is 6.46. The van der Waals surface area contributed by atoms with Gasteiger partial charge in [-0.25, -0.2) is 8.42 Å². The van der Waals surface area contributed by atoms with Gasteiger partial charge in [-0.2, -0.15) is 4.31 Å². The number of rotatable bonds is 8. The first-order valence-electron chi connectivity index (χ1n) is 6.63. The zero-order chi connectivity index (χ0) is 15.2. The first-order chi connectivity index (χ1) is 9.45. The molecule has 0 radical (unpaired) electrons. The van der Waals surface area contributed by atoms with Crippen LogP contribution in [0.15, 0.2) is 23.4 Å². The number of hydrogen-bond acceptors (Lipinski definition) is 5. The molecule has 1 rings (SSSR count). The average molecular weight is 301 g/mol. The van der Waals surface area contributed by atoms with Crippen molar-refractivity contribution in [3.8, 4) is 0 Å². The monoisotopic (exact) mass is 301 g/mol. The Labute approximate surface area is 121 Å². The van der Waals surface area contributed by atoms with Crippen LogP contribution in [0.25, 0.3) is 0 Å². The highest BCUT2D eigenvalue weighted by Crippen LogP contribution is 2.24. The molecule has 0 aliphatic heterocycles. The Morgan fingerprint density at radius 3 is 2.70 bits per heavy atom. The summed E-state index contributed by atoms with van der Waals surface area (Å²) in [5.74, 6) is 0. The van der Waals surface area contributed by atoms with Crippen LogP contribution >= 0.6 is 0 Å². The van der Waals surface area contributed by atoms with Crippen molar-refractivity contribution in [2.75, 3.05) is 32.1 Å². The number of methoxy groups -OCH3 is 1. The molecule has 1 aromatic heterocycles. The van der Waals surface area contributed by atoms with E-state index < -0.39 is 10.0 Å². The summed E-state index contributed by atoms with van der Waals surface area (Å²) in [6, 6.07) is 1.52. The van der Waals surface area contributed by atoms with Gasteiger partial charge in [0.25, 0.3) is 0 Å². The van der Waals surface area contributed by atoms with E-state index in [2.05, 4.69) is 10.3 Å². The van der Waals surface area contributed by atoms with Crippen LogP contribution in [0.4, 0.5) is 5.69 Å². The molecule has 0 spiro atoms. The van der Waals surface area contributed by atoms with Gasteiger partial charge < -0.3 is 10.1 Å².